The molecule has 1 aromatic heterocycles. The number of carbonyl (C=O) groups excluding carboxylic acids is 1. The van der Waals surface area contributed by atoms with Gasteiger partial charge in [-0.05, 0) is 24.1 Å². The average Bonchev–Trinajstić information content (AvgIpc) is 2.93. The second kappa shape index (κ2) is 7.51. The third kappa shape index (κ3) is 4.78. The lowest BCUT2D eigenvalue weighted by atomic mass is 10.1. The van der Waals surface area contributed by atoms with Crippen molar-refractivity contribution >= 4 is 34.1 Å². The Morgan fingerprint density at radius 1 is 1.38 bits per heavy atom. The molecule has 1 N–H and O–H groups in total. The monoisotopic (exact) mass is 325 g/mol. The number of amides is 1. The maximum absolute atomic E-state index is 12.8. The van der Waals surface area contributed by atoms with Crippen LogP contribution < -0.4 is 5.32 Å². The van der Waals surface area contributed by atoms with E-state index in [1.54, 1.807) is 12.1 Å². The first-order valence-corrected chi connectivity index (χ1v) is 8.40. The molecule has 1 aromatic carbocycles. The molecule has 112 valence electrons. The van der Waals surface area contributed by atoms with Gasteiger partial charge in [-0.1, -0.05) is 49.1 Å². The molecule has 0 spiro atoms. The first kappa shape index (κ1) is 15.9. The number of aromatic nitrogens is 2. The normalized spacial score (nSPS) is 12.1. The van der Waals surface area contributed by atoms with Gasteiger partial charge < -0.3 is 5.32 Å². The van der Waals surface area contributed by atoms with Gasteiger partial charge in [-0.3, -0.25) is 4.79 Å². The number of carbonyl (C=O) groups is 1. The summed E-state index contributed by atoms with van der Waals surface area (Å²) in [6.45, 7) is 3.84. The quantitative estimate of drug-likeness (QED) is 0.645. The topological polar surface area (TPSA) is 54.9 Å². The number of thioether (sulfide) groups is 1. The molecular formula is C14H16FN3OS2. The molecule has 0 bridgehead atoms. The molecule has 1 atom stereocenters. The molecule has 7 heteroatoms. The Morgan fingerprint density at radius 2 is 2.10 bits per heavy atom. The third-order valence-electron chi connectivity index (χ3n) is 2.97. The Morgan fingerprint density at radius 3 is 2.76 bits per heavy atom. The van der Waals surface area contributed by atoms with Crippen LogP contribution in [0.3, 0.4) is 0 Å². The van der Waals surface area contributed by atoms with Crippen LogP contribution in [0.5, 0.6) is 0 Å². The minimum absolute atomic E-state index is 0.0378. The zero-order valence-corrected chi connectivity index (χ0v) is 13.4. The molecule has 0 aliphatic heterocycles. The Labute approximate surface area is 131 Å². The van der Waals surface area contributed by atoms with Crippen molar-refractivity contribution in [2.75, 3.05) is 5.32 Å². The molecule has 0 aliphatic carbocycles. The second-order valence-corrected chi connectivity index (χ2v) is 6.79. The summed E-state index contributed by atoms with van der Waals surface area (Å²) in [4.78, 5) is 11.7. The minimum atomic E-state index is -0.241. The van der Waals surface area contributed by atoms with Gasteiger partial charge in [0.25, 0.3) is 0 Å². The number of nitrogens with one attached hydrogen (secondary N) is 1. The van der Waals surface area contributed by atoms with Gasteiger partial charge in [-0.25, -0.2) is 4.39 Å². The lowest BCUT2D eigenvalue weighted by molar-refractivity contribution is -0.119. The summed E-state index contributed by atoms with van der Waals surface area (Å²) in [5.41, 5.74) is 1.02. The van der Waals surface area contributed by atoms with E-state index in [9.17, 15) is 9.18 Å². The molecule has 2 rings (SSSR count). The average molecular weight is 325 g/mol. The van der Waals surface area contributed by atoms with E-state index < -0.39 is 0 Å². The molecule has 0 radical (unpaired) electrons. The molecule has 2 aromatic rings. The number of hydrogen-bond acceptors (Lipinski definition) is 5. The van der Waals surface area contributed by atoms with Crippen LogP contribution >= 0.6 is 23.1 Å². The van der Waals surface area contributed by atoms with Crippen LogP contribution in [-0.2, 0) is 10.5 Å². The Kier molecular flexibility index (Phi) is 5.69. The van der Waals surface area contributed by atoms with Gasteiger partial charge in [0.15, 0.2) is 4.34 Å². The minimum Gasteiger partial charge on any atom is -0.300 e. The molecule has 0 unspecified atom stereocenters. The molecule has 0 saturated carbocycles. The van der Waals surface area contributed by atoms with E-state index in [0.717, 1.165) is 16.3 Å². The molecule has 21 heavy (non-hydrogen) atoms. The van der Waals surface area contributed by atoms with E-state index in [-0.39, 0.29) is 17.6 Å². The zero-order chi connectivity index (χ0) is 15.2. The van der Waals surface area contributed by atoms with E-state index in [0.29, 0.717) is 10.9 Å². The van der Waals surface area contributed by atoms with Crippen LogP contribution in [0.1, 0.15) is 25.8 Å². The summed E-state index contributed by atoms with van der Waals surface area (Å²) in [5, 5.41) is 11.3. The maximum Gasteiger partial charge on any atom is 0.229 e. The summed E-state index contributed by atoms with van der Waals surface area (Å²) < 4.78 is 13.6. The van der Waals surface area contributed by atoms with Crippen LogP contribution in [0.25, 0.3) is 0 Å². The molecule has 0 fully saturated rings. The molecule has 1 heterocycles. The van der Waals surface area contributed by atoms with Crippen LogP contribution in [0.2, 0.25) is 0 Å². The predicted octanol–water partition coefficient (Wildman–Crippen LogP) is 3.95. The predicted molar refractivity (Wildman–Crippen MR) is 84.0 cm³/mol. The summed E-state index contributed by atoms with van der Waals surface area (Å²) in [5.74, 6) is 0.372. The van der Waals surface area contributed by atoms with Crippen molar-refractivity contribution in [3.63, 3.8) is 0 Å². The number of anilines is 1. The molecule has 1 amide bonds. The largest absolute Gasteiger partial charge is 0.300 e. The molecular weight excluding hydrogens is 309 g/mol. The highest BCUT2D eigenvalue weighted by atomic mass is 32.2. The fraction of sp³-hybridized carbons (Fsp3) is 0.357. The van der Waals surface area contributed by atoms with Crippen LogP contribution in [-0.4, -0.2) is 16.1 Å². The van der Waals surface area contributed by atoms with E-state index in [1.807, 2.05) is 13.8 Å². The van der Waals surface area contributed by atoms with E-state index in [2.05, 4.69) is 15.5 Å². The highest BCUT2D eigenvalue weighted by molar-refractivity contribution is 8.00. The van der Waals surface area contributed by atoms with Gasteiger partial charge in [-0.2, -0.15) is 0 Å². The SMILES string of the molecule is CC[C@H](C)C(=O)Nc1nnc(SCc2ccc(F)cc2)s1. The van der Waals surface area contributed by atoms with Crippen LogP contribution in [0.4, 0.5) is 9.52 Å². The second-order valence-electron chi connectivity index (χ2n) is 4.59. The third-order valence-corrected chi connectivity index (χ3v) is 5.02. The maximum atomic E-state index is 12.8. The van der Waals surface area contributed by atoms with Crippen molar-refractivity contribution < 1.29 is 9.18 Å². The number of rotatable bonds is 6. The van der Waals surface area contributed by atoms with Crippen LogP contribution in [0, 0.1) is 11.7 Å². The lowest BCUT2D eigenvalue weighted by Gasteiger charge is -2.06. The lowest BCUT2D eigenvalue weighted by Crippen LogP contribution is -2.19. The zero-order valence-electron chi connectivity index (χ0n) is 11.8. The summed E-state index contributed by atoms with van der Waals surface area (Å²) in [6, 6.07) is 6.37. The Balaban J connectivity index is 1.88. The van der Waals surface area contributed by atoms with Crippen molar-refractivity contribution in [1.29, 1.82) is 0 Å². The standard InChI is InChI=1S/C14H16FN3OS2/c1-3-9(2)12(19)16-13-17-18-14(21-13)20-8-10-4-6-11(15)7-5-10/h4-7,9H,3,8H2,1-2H3,(H,16,17,19)/t9-/m0/s1. The fourth-order valence-electron chi connectivity index (χ4n) is 1.46. The number of nitrogens with zero attached hydrogens (tertiary/aromatic N) is 2. The fourth-order valence-corrected chi connectivity index (χ4v) is 3.17. The molecule has 0 saturated heterocycles. The van der Waals surface area contributed by atoms with Gasteiger partial charge in [0, 0.05) is 11.7 Å². The first-order chi connectivity index (χ1) is 10.1. The van der Waals surface area contributed by atoms with Crippen molar-refractivity contribution in [3.05, 3.63) is 35.6 Å². The van der Waals surface area contributed by atoms with Gasteiger partial charge in [-0.15, -0.1) is 10.2 Å². The van der Waals surface area contributed by atoms with Crippen LogP contribution in [0.15, 0.2) is 28.6 Å². The molecule has 0 aliphatic rings. The number of benzene rings is 1. The van der Waals surface area contributed by atoms with Gasteiger partial charge in [0.1, 0.15) is 5.82 Å². The van der Waals surface area contributed by atoms with Crippen molar-refractivity contribution in [2.45, 2.75) is 30.4 Å². The van der Waals surface area contributed by atoms with E-state index in [4.69, 9.17) is 0 Å². The van der Waals surface area contributed by atoms with E-state index >= 15 is 0 Å². The van der Waals surface area contributed by atoms with Crippen molar-refractivity contribution in [1.82, 2.24) is 10.2 Å². The highest BCUT2D eigenvalue weighted by Crippen LogP contribution is 2.28. The van der Waals surface area contributed by atoms with Gasteiger partial charge >= 0.3 is 0 Å². The molecule has 4 nitrogen and oxygen atoms in total. The Hall–Kier alpha value is -1.47. The smallest absolute Gasteiger partial charge is 0.229 e. The summed E-state index contributed by atoms with van der Waals surface area (Å²) in [7, 11) is 0. The first-order valence-electron chi connectivity index (χ1n) is 6.60. The highest BCUT2D eigenvalue weighted by Gasteiger charge is 2.13. The van der Waals surface area contributed by atoms with Crippen molar-refractivity contribution in [2.24, 2.45) is 5.92 Å². The van der Waals surface area contributed by atoms with Gasteiger partial charge in [0.05, 0.1) is 0 Å². The van der Waals surface area contributed by atoms with Gasteiger partial charge in [0.2, 0.25) is 11.0 Å². The number of hydrogen-bond donors (Lipinski definition) is 1. The van der Waals surface area contributed by atoms with E-state index in [1.165, 1.54) is 35.2 Å². The Bertz CT molecular complexity index is 601. The summed E-state index contributed by atoms with van der Waals surface area (Å²) >= 11 is 2.86. The number of halogens is 1. The summed E-state index contributed by atoms with van der Waals surface area (Å²) in [6.07, 6.45) is 0.789. The van der Waals surface area contributed by atoms with Crippen molar-refractivity contribution in [3.8, 4) is 0 Å².